The fourth-order valence-corrected chi connectivity index (χ4v) is 5.54. The Morgan fingerprint density at radius 1 is 0.977 bits per heavy atom. The Kier molecular flexibility index (Phi) is 9.85. The van der Waals surface area contributed by atoms with Gasteiger partial charge in [0, 0.05) is 45.0 Å². The lowest BCUT2D eigenvalue weighted by Crippen LogP contribution is -2.57. The highest BCUT2D eigenvalue weighted by molar-refractivity contribution is 5.94. The molecule has 0 radical (unpaired) electrons. The smallest absolute Gasteiger partial charge is 0.326 e. The van der Waals surface area contributed by atoms with Gasteiger partial charge in [-0.05, 0) is 36.1 Å². The van der Waals surface area contributed by atoms with Crippen molar-refractivity contribution in [2.75, 3.05) is 13.2 Å². The molecule has 6 rings (SSSR count). The van der Waals surface area contributed by atoms with Crippen molar-refractivity contribution >= 4 is 23.7 Å². The summed E-state index contributed by atoms with van der Waals surface area (Å²) in [6.07, 6.45) is 3.73. The van der Waals surface area contributed by atoms with Gasteiger partial charge in [-0.2, -0.15) is 0 Å². The van der Waals surface area contributed by atoms with Gasteiger partial charge in [-0.25, -0.2) is 4.79 Å². The van der Waals surface area contributed by atoms with Gasteiger partial charge in [0.05, 0.1) is 18.3 Å². The third-order valence-electron chi connectivity index (χ3n) is 7.86. The summed E-state index contributed by atoms with van der Waals surface area (Å²) in [4.78, 5) is 54.2. The van der Waals surface area contributed by atoms with E-state index >= 15 is 0 Å². The molecule has 5 N–H and O–H groups in total. The number of nitrogens with zero attached hydrogens (tertiary/aromatic N) is 4. The summed E-state index contributed by atoms with van der Waals surface area (Å²) in [5.41, 5.74) is 8.33. The van der Waals surface area contributed by atoms with Gasteiger partial charge in [-0.1, -0.05) is 47.7 Å². The van der Waals surface area contributed by atoms with Crippen molar-refractivity contribution in [2.24, 2.45) is 5.73 Å². The van der Waals surface area contributed by atoms with Gasteiger partial charge in [0.2, 0.25) is 17.7 Å². The van der Waals surface area contributed by atoms with E-state index in [-0.39, 0.29) is 25.2 Å². The Morgan fingerprint density at radius 3 is 2.50 bits per heavy atom. The zero-order valence-electron chi connectivity index (χ0n) is 24.3. The highest BCUT2D eigenvalue weighted by atomic mass is 16.5. The van der Waals surface area contributed by atoms with Crippen LogP contribution in [0.1, 0.15) is 36.1 Å². The van der Waals surface area contributed by atoms with E-state index in [1.807, 2.05) is 30.3 Å². The van der Waals surface area contributed by atoms with Crippen molar-refractivity contribution in [3.8, 4) is 5.75 Å². The summed E-state index contributed by atoms with van der Waals surface area (Å²) in [5, 5.41) is 23.6. The van der Waals surface area contributed by atoms with Gasteiger partial charge in [0.15, 0.2) is 0 Å². The number of rotatable bonds is 3. The van der Waals surface area contributed by atoms with Crippen LogP contribution >= 0.6 is 0 Å². The molecule has 4 atom stereocenters. The van der Waals surface area contributed by atoms with Crippen molar-refractivity contribution in [3.05, 3.63) is 77.6 Å². The lowest BCUT2D eigenvalue weighted by atomic mass is 10.0. The molecule has 1 saturated heterocycles. The molecule has 13 heteroatoms. The van der Waals surface area contributed by atoms with Gasteiger partial charge in [0.25, 0.3) is 0 Å². The molecule has 3 aliphatic rings. The third kappa shape index (κ3) is 7.78. The van der Waals surface area contributed by atoms with Crippen LogP contribution in [0, 0.1) is 0 Å². The van der Waals surface area contributed by atoms with E-state index < -0.39 is 42.0 Å². The molecule has 1 aromatic heterocycles. The lowest BCUT2D eigenvalue weighted by molar-refractivity contribution is -0.143. The molecular weight excluding hydrogens is 566 g/mol. The first-order valence-corrected chi connectivity index (χ1v) is 14.8. The van der Waals surface area contributed by atoms with Gasteiger partial charge >= 0.3 is 5.97 Å². The Morgan fingerprint density at radius 2 is 1.75 bits per heavy atom. The normalized spacial score (nSPS) is 23.8. The van der Waals surface area contributed by atoms with E-state index in [4.69, 9.17) is 10.5 Å². The number of ether oxygens (including phenoxy) is 1. The fraction of sp³-hybridized carbons (Fsp3) is 0.419. The molecule has 0 spiro atoms. The Labute approximate surface area is 254 Å². The molecule has 0 aliphatic carbocycles. The van der Waals surface area contributed by atoms with Gasteiger partial charge < -0.3 is 31.1 Å². The number of hydrogen-bond donors (Lipinski definition) is 4. The second kappa shape index (κ2) is 14.1. The Balaban J connectivity index is 1.41. The second-order valence-electron chi connectivity index (χ2n) is 11.2. The number of aliphatic carboxylic acids is 1. The number of aromatic nitrogens is 3. The third-order valence-corrected chi connectivity index (χ3v) is 7.86. The number of carboxylic acids is 1. The maximum Gasteiger partial charge on any atom is 0.326 e. The van der Waals surface area contributed by atoms with Crippen LogP contribution < -0.4 is 21.1 Å². The molecule has 13 nitrogen and oxygen atoms in total. The Bertz CT molecular complexity index is 1460. The van der Waals surface area contributed by atoms with Crippen molar-refractivity contribution in [2.45, 2.75) is 69.2 Å². The van der Waals surface area contributed by atoms with E-state index in [1.54, 1.807) is 35.1 Å². The van der Waals surface area contributed by atoms with Gasteiger partial charge in [-0.15, -0.1) is 5.10 Å². The molecular formula is C31H37N7O6. The first-order chi connectivity index (χ1) is 21.3. The second-order valence-corrected chi connectivity index (χ2v) is 11.2. The fourth-order valence-electron chi connectivity index (χ4n) is 5.54. The van der Waals surface area contributed by atoms with Crippen LogP contribution in [-0.2, 0) is 45.0 Å². The molecule has 3 aliphatic heterocycles. The highest BCUT2D eigenvalue weighted by Gasteiger charge is 2.38. The summed E-state index contributed by atoms with van der Waals surface area (Å²) in [6.45, 7) is 1.32. The van der Waals surface area contributed by atoms with E-state index in [9.17, 15) is 24.3 Å². The van der Waals surface area contributed by atoms with E-state index in [1.165, 1.54) is 4.90 Å². The number of fused-ring (bicyclic) bond motifs is 13. The zero-order valence-corrected chi connectivity index (χ0v) is 24.3. The maximum absolute atomic E-state index is 13.6. The first-order valence-electron chi connectivity index (χ1n) is 14.8. The molecule has 2 aromatic carbocycles. The van der Waals surface area contributed by atoms with Crippen LogP contribution in [0.4, 0.5) is 0 Å². The van der Waals surface area contributed by atoms with E-state index in [0.29, 0.717) is 56.0 Å². The van der Waals surface area contributed by atoms with Crippen LogP contribution in [0.3, 0.4) is 0 Å². The number of hydrogen-bond acceptors (Lipinski definition) is 8. The molecule has 3 amide bonds. The summed E-state index contributed by atoms with van der Waals surface area (Å²) in [7, 11) is 0. The quantitative estimate of drug-likeness (QED) is 0.331. The molecule has 232 valence electrons. The van der Waals surface area contributed by atoms with Crippen molar-refractivity contribution < 1.29 is 29.0 Å². The van der Waals surface area contributed by atoms with Crippen LogP contribution in [-0.4, -0.2) is 86.0 Å². The molecule has 4 bridgehead atoms. The van der Waals surface area contributed by atoms with Crippen LogP contribution in [0.2, 0.25) is 0 Å². The molecule has 44 heavy (non-hydrogen) atoms. The number of amides is 3. The number of carbonyl (C=O) groups is 4. The SMILES string of the molecule is N[C@H]1Cc2cn(nn2)CCCOc2ccc(cc2)C[C@@H](C(=O)O)NC(=O)[C@H](Cc2ccccc2)NC(=O)C2CCCN2C1=O. The predicted octanol–water partition coefficient (Wildman–Crippen LogP) is 0.461. The zero-order chi connectivity index (χ0) is 31.1. The molecule has 1 fully saturated rings. The number of carbonyl (C=O) groups excluding carboxylic acids is 3. The molecule has 1 unspecified atom stereocenters. The summed E-state index contributed by atoms with van der Waals surface area (Å²) >= 11 is 0. The maximum atomic E-state index is 13.6. The monoisotopic (exact) mass is 603 g/mol. The standard InChI is InChI=1S/C31H37N7O6/c32-24-18-22-19-37(36-35-22)13-5-15-44-23-11-9-21(10-12-23)17-26(31(42)43)34-28(39)25(16-20-6-2-1-3-7-20)33-29(40)27-8-4-14-38(27)30(24)41/h1-3,6-7,9-12,19,24-27H,4-5,8,13-18,32H2,(H,33,40)(H,34,39)(H,42,43)/t24-,25-,26-,27?/m0/s1. The number of carboxylic acid groups (broad SMARTS) is 1. The lowest BCUT2D eigenvalue weighted by Gasteiger charge is -2.28. The minimum Gasteiger partial charge on any atom is -0.494 e. The summed E-state index contributed by atoms with van der Waals surface area (Å²) < 4.78 is 7.49. The summed E-state index contributed by atoms with van der Waals surface area (Å²) in [5.74, 6) is -2.09. The topological polar surface area (TPSA) is 182 Å². The van der Waals surface area contributed by atoms with Gasteiger partial charge in [-0.3, -0.25) is 19.1 Å². The largest absolute Gasteiger partial charge is 0.494 e. The minimum absolute atomic E-state index is 0.0325. The number of nitrogens with two attached hydrogens (primary N) is 1. The number of nitrogens with one attached hydrogen (secondary N) is 2. The molecule has 3 aromatic rings. The van der Waals surface area contributed by atoms with Crippen molar-refractivity contribution in [3.63, 3.8) is 0 Å². The number of benzene rings is 2. The predicted molar refractivity (Wildman–Crippen MR) is 158 cm³/mol. The average Bonchev–Trinajstić information content (AvgIpc) is 3.69. The highest BCUT2D eigenvalue weighted by Crippen LogP contribution is 2.20. The van der Waals surface area contributed by atoms with Crippen LogP contribution in [0.15, 0.2) is 60.8 Å². The Hall–Kier alpha value is -4.78. The number of aryl methyl sites for hydroxylation is 1. The first kappa shape index (κ1) is 30.7. The van der Waals surface area contributed by atoms with Crippen LogP contribution in [0.25, 0.3) is 0 Å². The van der Waals surface area contributed by atoms with E-state index in [0.717, 1.165) is 5.56 Å². The van der Waals surface area contributed by atoms with Crippen LogP contribution in [0.5, 0.6) is 5.75 Å². The molecule has 0 saturated carbocycles. The summed E-state index contributed by atoms with van der Waals surface area (Å²) in [6, 6.07) is 12.1. The van der Waals surface area contributed by atoms with Crippen molar-refractivity contribution in [1.29, 1.82) is 0 Å². The average molecular weight is 604 g/mol. The van der Waals surface area contributed by atoms with Gasteiger partial charge in [0.1, 0.15) is 23.9 Å². The minimum atomic E-state index is -1.24. The van der Waals surface area contributed by atoms with Crippen molar-refractivity contribution in [1.82, 2.24) is 30.5 Å². The molecule has 4 heterocycles. The van der Waals surface area contributed by atoms with E-state index in [2.05, 4.69) is 20.9 Å².